The highest BCUT2D eigenvalue weighted by Crippen LogP contribution is 2.21. The molecule has 0 saturated heterocycles. The van der Waals surface area contributed by atoms with Gasteiger partial charge in [-0.3, -0.25) is 14.4 Å². The van der Waals surface area contributed by atoms with Gasteiger partial charge in [-0.1, -0.05) is 118 Å². The van der Waals surface area contributed by atoms with E-state index >= 15 is 0 Å². The molecule has 8 heteroatoms. The van der Waals surface area contributed by atoms with Crippen molar-refractivity contribution in [3.63, 3.8) is 0 Å². The number of hydrogen-bond donors (Lipinski definition) is 0. The van der Waals surface area contributed by atoms with Gasteiger partial charge in [0.05, 0.1) is 39.5 Å². The summed E-state index contributed by atoms with van der Waals surface area (Å²) >= 11 is 0. The zero-order valence-corrected chi connectivity index (χ0v) is 33.0. The summed E-state index contributed by atoms with van der Waals surface area (Å²) in [6.07, 6.45) is 23.1. The smallest absolute Gasteiger partial charge is 0.308 e. The van der Waals surface area contributed by atoms with Gasteiger partial charge in [0.2, 0.25) is 0 Å². The van der Waals surface area contributed by atoms with Crippen molar-refractivity contribution in [1.82, 2.24) is 4.90 Å². The van der Waals surface area contributed by atoms with E-state index in [0.717, 1.165) is 109 Å². The maximum Gasteiger partial charge on any atom is 0.308 e. The summed E-state index contributed by atoms with van der Waals surface area (Å²) in [5.41, 5.74) is 0. The summed E-state index contributed by atoms with van der Waals surface area (Å²) in [5.74, 6) is 1.06. The summed E-state index contributed by atoms with van der Waals surface area (Å²) in [4.78, 5) is 38.8. The fourth-order valence-corrected chi connectivity index (χ4v) is 5.93. The third kappa shape index (κ3) is 32.0. The molecule has 0 radical (unpaired) electrons. The predicted octanol–water partition coefficient (Wildman–Crippen LogP) is 10.1. The molecule has 0 fully saturated rings. The summed E-state index contributed by atoms with van der Waals surface area (Å²) < 4.78 is 22.3. The molecule has 0 heterocycles. The summed E-state index contributed by atoms with van der Waals surface area (Å²) in [5, 5.41) is 0. The molecule has 0 aliphatic rings. The second-order valence-corrected chi connectivity index (χ2v) is 14.5. The Kier molecular flexibility index (Phi) is 33.6. The zero-order chi connectivity index (χ0) is 36.4. The first-order chi connectivity index (χ1) is 23.7. The Labute approximate surface area is 302 Å². The van der Waals surface area contributed by atoms with E-state index in [1.54, 1.807) is 0 Å². The molecule has 0 aromatic carbocycles. The van der Waals surface area contributed by atoms with Crippen LogP contribution in [0.4, 0.5) is 0 Å². The summed E-state index contributed by atoms with van der Waals surface area (Å²) in [7, 11) is 4.00. The van der Waals surface area contributed by atoms with Crippen molar-refractivity contribution in [3.8, 4) is 0 Å². The maximum atomic E-state index is 12.4. The average Bonchev–Trinajstić information content (AvgIpc) is 3.09. The standard InChI is InChI=1S/C41H79NO7/c1-7-11-23-36(9-3)33-47-39(43)27-21-17-13-15-19-25-38(35-49-41(45)29-31-46-32-30-42(5)6)26-20-16-14-18-22-28-40(44)48-34-37(10-4)24-12-8-2/h36-38H,7-35H2,1-6H3. The van der Waals surface area contributed by atoms with E-state index in [1.165, 1.54) is 25.7 Å². The highest BCUT2D eigenvalue weighted by Gasteiger charge is 2.14. The Bertz CT molecular complexity index is 729. The van der Waals surface area contributed by atoms with Gasteiger partial charge in [-0.2, -0.15) is 0 Å². The first-order valence-electron chi connectivity index (χ1n) is 20.4. The molecule has 0 amide bonds. The molecule has 2 unspecified atom stereocenters. The Hall–Kier alpha value is -1.67. The largest absolute Gasteiger partial charge is 0.465 e. The maximum absolute atomic E-state index is 12.4. The van der Waals surface area contributed by atoms with Gasteiger partial charge >= 0.3 is 17.9 Å². The Balaban J connectivity index is 4.34. The van der Waals surface area contributed by atoms with E-state index in [-0.39, 0.29) is 17.9 Å². The normalized spacial score (nSPS) is 13.3. The second kappa shape index (κ2) is 34.8. The van der Waals surface area contributed by atoms with E-state index < -0.39 is 0 Å². The number of rotatable bonds is 36. The number of esters is 3. The molecule has 0 aromatic rings. The first-order valence-corrected chi connectivity index (χ1v) is 20.4. The van der Waals surface area contributed by atoms with Crippen LogP contribution in [0.3, 0.4) is 0 Å². The van der Waals surface area contributed by atoms with Crippen LogP contribution in [0.5, 0.6) is 0 Å². The van der Waals surface area contributed by atoms with Crippen molar-refractivity contribution in [2.24, 2.45) is 17.8 Å². The molecule has 0 saturated carbocycles. The van der Waals surface area contributed by atoms with Gasteiger partial charge in [0.1, 0.15) is 0 Å². The number of unbranched alkanes of at least 4 members (excludes halogenated alkanes) is 10. The quantitative estimate of drug-likeness (QED) is 0.0363. The van der Waals surface area contributed by atoms with Crippen LogP contribution in [-0.4, -0.2) is 76.5 Å². The highest BCUT2D eigenvalue weighted by atomic mass is 16.5. The average molecular weight is 698 g/mol. The molecule has 290 valence electrons. The zero-order valence-electron chi connectivity index (χ0n) is 33.0. The van der Waals surface area contributed by atoms with Gasteiger partial charge in [0.25, 0.3) is 0 Å². The van der Waals surface area contributed by atoms with Crippen LogP contribution in [0, 0.1) is 17.8 Å². The van der Waals surface area contributed by atoms with Crippen molar-refractivity contribution in [1.29, 1.82) is 0 Å². The summed E-state index contributed by atoms with van der Waals surface area (Å²) in [6.45, 7) is 12.2. The van der Waals surface area contributed by atoms with E-state index in [2.05, 4.69) is 32.6 Å². The Morgan fingerprint density at radius 1 is 0.469 bits per heavy atom. The van der Waals surface area contributed by atoms with Gasteiger partial charge < -0.3 is 23.8 Å². The van der Waals surface area contributed by atoms with Crippen LogP contribution in [0.2, 0.25) is 0 Å². The first kappa shape index (κ1) is 47.3. The Morgan fingerprint density at radius 2 is 0.857 bits per heavy atom. The molecule has 0 aliphatic heterocycles. The Morgan fingerprint density at radius 3 is 1.29 bits per heavy atom. The molecular formula is C41H79NO7. The number of hydrogen-bond acceptors (Lipinski definition) is 8. The summed E-state index contributed by atoms with van der Waals surface area (Å²) in [6, 6.07) is 0. The molecule has 0 aromatic heterocycles. The van der Waals surface area contributed by atoms with Crippen molar-refractivity contribution in [2.75, 3.05) is 53.7 Å². The lowest BCUT2D eigenvalue weighted by Crippen LogP contribution is -2.20. The van der Waals surface area contributed by atoms with Crippen molar-refractivity contribution >= 4 is 17.9 Å². The molecule has 0 rings (SSSR count). The molecule has 0 N–H and O–H groups in total. The highest BCUT2D eigenvalue weighted by molar-refractivity contribution is 5.70. The van der Waals surface area contributed by atoms with Crippen LogP contribution in [0.1, 0.15) is 175 Å². The van der Waals surface area contributed by atoms with Crippen LogP contribution in [-0.2, 0) is 33.3 Å². The monoisotopic (exact) mass is 698 g/mol. The van der Waals surface area contributed by atoms with E-state index in [9.17, 15) is 14.4 Å². The van der Waals surface area contributed by atoms with Gasteiger partial charge in [0, 0.05) is 19.4 Å². The van der Waals surface area contributed by atoms with E-state index in [0.29, 0.717) is 70.1 Å². The lowest BCUT2D eigenvalue weighted by Gasteiger charge is -2.17. The van der Waals surface area contributed by atoms with E-state index in [4.69, 9.17) is 18.9 Å². The molecular weight excluding hydrogens is 618 g/mol. The molecule has 0 bridgehead atoms. The lowest BCUT2D eigenvalue weighted by molar-refractivity contribution is -0.147. The topological polar surface area (TPSA) is 91.4 Å². The second-order valence-electron chi connectivity index (χ2n) is 14.5. The third-order valence-corrected chi connectivity index (χ3v) is 9.65. The van der Waals surface area contributed by atoms with Crippen LogP contribution >= 0.6 is 0 Å². The number of likely N-dealkylation sites (N-methyl/N-ethyl adjacent to an activating group) is 1. The SMILES string of the molecule is CCCCC(CC)COC(=O)CCCCCCCC(CCCCCCCC(=O)OCC(CC)CCCC)COC(=O)CCOCCN(C)C. The van der Waals surface area contributed by atoms with Gasteiger partial charge in [0.15, 0.2) is 0 Å². The molecule has 2 atom stereocenters. The fraction of sp³-hybridized carbons (Fsp3) is 0.927. The van der Waals surface area contributed by atoms with Crippen LogP contribution < -0.4 is 0 Å². The number of carbonyl (C=O) groups excluding carboxylic acids is 3. The van der Waals surface area contributed by atoms with Crippen LogP contribution in [0.25, 0.3) is 0 Å². The minimum absolute atomic E-state index is 0.0530. The number of nitrogens with zero attached hydrogens (tertiary/aromatic N) is 1. The molecule has 8 nitrogen and oxygen atoms in total. The van der Waals surface area contributed by atoms with Gasteiger partial charge in [-0.05, 0) is 70.4 Å². The van der Waals surface area contributed by atoms with Crippen LogP contribution in [0.15, 0.2) is 0 Å². The number of carbonyl (C=O) groups is 3. The van der Waals surface area contributed by atoms with Crippen molar-refractivity contribution in [2.45, 2.75) is 175 Å². The van der Waals surface area contributed by atoms with E-state index in [1.807, 2.05) is 14.1 Å². The molecule has 0 spiro atoms. The van der Waals surface area contributed by atoms with Gasteiger partial charge in [-0.15, -0.1) is 0 Å². The lowest BCUT2D eigenvalue weighted by atomic mass is 9.94. The number of ether oxygens (including phenoxy) is 4. The molecule has 49 heavy (non-hydrogen) atoms. The fourth-order valence-electron chi connectivity index (χ4n) is 5.93. The minimum Gasteiger partial charge on any atom is -0.465 e. The van der Waals surface area contributed by atoms with Gasteiger partial charge in [-0.25, -0.2) is 0 Å². The van der Waals surface area contributed by atoms with Crippen molar-refractivity contribution < 1.29 is 33.3 Å². The van der Waals surface area contributed by atoms with Crippen molar-refractivity contribution in [3.05, 3.63) is 0 Å². The predicted molar refractivity (Wildman–Crippen MR) is 202 cm³/mol. The third-order valence-electron chi connectivity index (χ3n) is 9.65. The minimum atomic E-state index is -0.181. The molecule has 0 aliphatic carbocycles.